The highest BCUT2D eigenvalue weighted by molar-refractivity contribution is 6.20. The zero-order valence-corrected chi connectivity index (χ0v) is 10.6. The molecular formula is C14H11ClN2O. The number of halogens is 1. The van der Waals surface area contributed by atoms with Gasteiger partial charge in [0, 0.05) is 5.56 Å². The van der Waals surface area contributed by atoms with Crippen LogP contribution >= 0.6 is 11.6 Å². The van der Waals surface area contributed by atoms with Crippen LogP contribution in [0, 0.1) is 0 Å². The van der Waals surface area contributed by atoms with E-state index in [1.54, 1.807) is 0 Å². The third kappa shape index (κ3) is 1.87. The van der Waals surface area contributed by atoms with Crippen LogP contribution in [0.1, 0.15) is 18.1 Å². The molecule has 1 heterocycles. The van der Waals surface area contributed by atoms with Gasteiger partial charge in [-0.1, -0.05) is 41.6 Å². The fourth-order valence-electron chi connectivity index (χ4n) is 1.92. The van der Waals surface area contributed by atoms with Crippen molar-refractivity contribution >= 4 is 22.4 Å². The van der Waals surface area contributed by atoms with E-state index in [2.05, 4.69) is 22.3 Å². The first-order valence-corrected chi connectivity index (χ1v) is 6.15. The molecule has 3 aromatic rings. The van der Waals surface area contributed by atoms with Crippen molar-refractivity contribution in [2.75, 3.05) is 0 Å². The fourth-order valence-corrected chi connectivity index (χ4v) is 2.01. The van der Waals surface area contributed by atoms with Gasteiger partial charge in [-0.05, 0) is 23.8 Å². The molecule has 0 bridgehead atoms. The number of nitrogens with zero attached hydrogens (tertiary/aromatic N) is 2. The van der Waals surface area contributed by atoms with Crippen LogP contribution < -0.4 is 0 Å². The molecule has 90 valence electrons. The summed E-state index contributed by atoms with van der Waals surface area (Å²) in [5, 5.41) is 5.87. The topological polar surface area (TPSA) is 38.9 Å². The lowest BCUT2D eigenvalue weighted by atomic mass is 10.0. The van der Waals surface area contributed by atoms with E-state index in [1.807, 2.05) is 37.3 Å². The molecule has 3 nitrogen and oxygen atoms in total. The highest BCUT2D eigenvalue weighted by Crippen LogP contribution is 2.28. The van der Waals surface area contributed by atoms with Crippen LogP contribution in [0.4, 0.5) is 0 Å². The first-order chi connectivity index (χ1) is 8.75. The van der Waals surface area contributed by atoms with E-state index < -0.39 is 0 Å². The quantitative estimate of drug-likeness (QED) is 0.647. The number of fused-ring (bicyclic) bond motifs is 1. The summed E-state index contributed by atoms with van der Waals surface area (Å²) < 4.78 is 5.27. The molecule has 18 heavy (non-hydrogen) atoms. The van der Waals surface area contributed by atoms with E-state index in [9.17, 15) is 0 Å². The second-order valence-electron chi connectivity index (χ2n) is 4.10. The number of hydrogen-bond donors (Lipinski definition) is 0. The molecule has 0 radical (unpaired) electrons. The van der Waals surface area contributed by atoms with Gasteiger partial charge in [0.2, 0.25) is 0 Å². The zero-order chi connectivity index (χ0) is 12.5. The van der Waals surface area contributed by atoms with E-state index in [0.717, 1.165) is 16.3 Å². The average Bonchev–Trinajstić information content (AvgIpc) is 2.87. The maximum Gasteiger partial charge on any atom is 0.258 e. The SMILES string of the molecule is CC(Cl)c1noc(-c2cccc3ccccc23)n1. The van der Waals surface area contributed by atoms with Crippen LogP contribution in [0.5, 0.6) is 0 Å². The van der Waals surface area contributed by atoms with Gasteiger partial charge in [-0.25, -0.2) is 0 Å². The number of hydrogen-bond acceptors (Lipinski definition) is 3. The Morgan fingerprint density at radius 1 is 1.11 bits per heavy atom. The van der Waals surface area contributed by atoms with E-state index >= 15 is 0 Å². The summed E-state index contributed by atoms with van der Waals surface area (Å²) >= 11 is 5.94. The summed E-state index contributed by atoms with van der Waals surface area (Å²) in [6.07, 6.45) is 0. The van der Waals surface area contributed by atoms with Gasteiger partial charge in [0.05, 0.1) is 5.38 Å². The van der Waals surface area contributed by atoms with Crippen molar-refractivity contribution in [1.29, 1.82) is 0 Å². The molecule has 0 spiro atoms. The molecular weight excluding hydrogens is 248 g/mol. The second kappa shape index (κ2) is 4.42. The largest absolute Gasteiger partial charge is 0.334 e. The Bertz CT molecular complexity index is 686. The Kier molecular flexibility index (Phi) is 2.76. The molecule has 4 heteroatoms. The predicted octanol–water partition coefficient (Wildman–Crippen LogP) is 4.19. The van der Waals surface area contributed by atoms with Crippen molar-refractivity contribution < 1.29 is 4.52 Å². The number of rotatable bonds is 2. The van der Waals surface area contributed by atoms with Gasteiger partial charge < -0.3 is 4.52 Å². The Hall–Kier alpha value is -1.87. The summed E-state index contributed by atoms with van der Waals surface area (Å²) in [7, 11) is 0. The van der Waals surface area contributed by atoms with Crippen molar-refractivity contribution in [3.05, 3.63) is 48.3 Å². The molecule has 2 aromatic carbocycles. The van der Waals surface area contributed by atoms with Gasteiger partial charge in [-0.15, -0.1) is 11.6 Å². The fraction of sp³-hybridized carbons (Fsp3) is 0.143. The normalized spacial score (nSPS) is 12.8. The smallest absolute Gasteiger partial charge is 0.258 e. The molecule has 1 unspecified atom stereocenters. The maximum absolute atomic E-state index is 5.94. The van der Waals surface area contributed by atoms with Crippen LogP contribution in [0.3, 0.4) is 0 Å². The zero-order valence-electron chi connectivity index (χ0n) is 9.80. The highest BCUT2D eigenvalue weighted by Gasteiger charge is 2.14. The lowest BCUT2D eigenvalue weighted by molar-refractivity contribution is 0.423. The third-order valence-electron chi connectivity index (χ3n) is 2.82. The Labute approximate surface area is 109 Å². The number of benzene rings is 2. The molecule has 0 amide bonds. The minimum atomic E-state index is -0.252. The molecule has 0 N–H and O–H groups in total. The minimum absolute atomic E-state index is 0.252. The lowest BCUT2D eigenvalue weighted by Crippen LogP contribution is -1.87. The first kappa shape index (κ1) is 11.2. The summed E-state index contributed by atoms with van der Waals surface area (Å²) in [6, 6.07) is 14.1. The molecule has 1 aromatic heterocycles. The van der Waals surface area contributed by atoms with Crippen LogP contribution in [-0.4, -0.2) is 10.1 Å². The molecule has 3 rings (SSSR count). The van der Waals surface area contributed by atoms with Gasteiger partial charge in [-0.3, -0.25) is 0 Å². The lowest BCUT2D eigenvalue weighted by Gasteiger charge is -2.01. The monoisotopic (exact) mass is 258 g/mol. The van der Waals surface area contributed by atoms with Crippen LogP contribution in [0.25, 0.3) is 22.2 Å². The van der Waals surface area contributed by atoms with Crippen molar-refractivity contribution in [3.8, 4) is 11.5 Å². The molecule has 0 aliphatic rings. The van der Waals surface area contributed by atoms with Crippen molar-refractivity contribution in [3.63, 3.8) is 0 Å². The predicted molar refractivity (Wildman–Crippen MR) is 71.5 cm³/mol. The highest BCUT2D eigenvalue weighted by atomic mass is 35.5. The van der Waals surface area contributed by atoms with Crippen LogP contribution in [-0.2, 0) is 0 Å². The summed E-state index contributed by atoms with van der Waals surface area (Å²) in [4.78, 5) is 4.32. The van der Waals surface area contributed by atoms with Crippen LogP contribution in [0.15, 0.2) is 47.0 Å². The number of alkyl halides is 1. The molecule has 1 atom stereocenters. The Morgan fingerprint density at radius 2 is 1.89 bits per heavy atom. The summed E-state index contributed by atoms with van der Waals surface area (Å²) in [5.74, 6) is 1.02. The molecule has 0 aliphatic carbocycles. The molecule has 0 saturated heterocycles. The van der Waals surface area contributed by atoms with Crippen molar-refractivity contribution in [2.24, 2.45) is 0 Å². The van der Waals surface area contributed by atoms with Gasteiger partial charge in [0.1, 0.15) is 0 Å². The Balaban J connectivity index is 2.18. The minimum Gasteiger partial charge on any atom is -0.334 e. The van der Waals surface area contributed by atoms with Gasteiger partial charge in [0.15, 0.2) is 5.82 Å². The van der Waals surface area contributed by atoms with E-state index in [-0.39, 0.29) is 5.38 Å². The molecule has 0 fully saturated rings. The van der Waals surface area contributed by atoms with E-state index in [0.29, 0.717) is 11.7 Å². The van der Waals surface area contributed by atoms with Crippen molar-refractivity contribution in [1.82, 2.24) is 10.1 Å². The Morgan fingerprint density at radius 3 is 2.67 bits per heavy atom. The molecule has 0 aliphatic heterocycles. The standard InChI is InChI=1S/C14H11ClN2O/c1-9(15)13-16-14(18-17-13)12-8-4-6-10-5-2-3-7-11(10)12/h2-9H,1H3. The van der Waals surface area contributed by atoms with Crippen LogP contribution in [0.2, 0.25) is 0 Å². The second-order valence-corrected chi connectivity index (χ2v) is 4.76. The van der Waals surface area contributed by atoms with Gasteiger partial charge in [-0.2, -0.15) is 4.98 Å². The van der Waals surface area contributed by atoms with Crippen molar-refractivity contribution in [2.45, 2.75) is 12.3 Å². The summed E-state index contributed by atoms with van der Waals surface area (Å²) in [6.45, 7) is 1.82. The average molecular weight is 259 g/mol. The number of aromatic nitrogens is 2. The van der Waals surface area contributed by atoms with E-state index in [4.69, 9.17) is 16.1 Å². The van der Waals surface area contributed by atoms with Gasteiger partial charge >= 0.3 is 0 Å². The summed E-state index contributed by atoms with van der Waals surface area (Å²) in [5.41, 5.74) is 0.934. The first-order valence-electron chi connectivity index (χ1n) is 5.71. The van der Waals surface area contributed by atoms with Gasteiger partial charge in [0.25, 0.3) is 5.89 Å². The van der Waals surface area contributed by atoms with E-state index in [1.165, 1.54) is 0 Å². The maximum atomic E-state index is 5.94. The molecule has 0 saturated carbocycles. The third-order valence-corrected chi connectivity index (χ3v) is 3.01.